The minimum atomic E-state index is 0.0321. The summed E-state index contributed by atoms with van der Waals surface area (Å²) in [5.74, 6) is 0.192. The first-order valence-electron chi connectivity index (χ1n) is 6.82. The van der Waals surface area contributed by atoms with Crippen LogP contribution in [0.5, 0.6) is 0 Å². The van der Waals surface area contributed by atoms with Gasteiger partial charge in [0.05, 0.1) is 0 Å². The highest BCUT2D eigenvalue weighted by atomic mass is 16.3. The van der Waals surface area contributed by atoms with E-state index in [0.29, 0.717) is 12.8 Å². The molecule has 0 aromatic heterocycles. The van der Waals surface area contributed by atoms with Crippen molar-refractivity contribution >= 4 is 11.6 Å². The fourth-order valence-electron chi connectivity index (χ4n) is 2.04. The molecule has 0 spiro atoms. The van der Waals surface area contributed by atoms with Gasteiger partial charge in [0.1, 0.15) is 0 Å². The van der Waals surface area contributed by atoms with Crippen LogP contribution in [-0.2, 0) is 4.79 Å². The first-order chi connectivity index (χ1) is 9.06. The number of nitrogens with two attached hydrogens (primary N) is 1. The third-order valence-electron chi connectivity index (χ3n) is 3.33. The molecule has 4 heteroatoms. The molecule has 1 aromatic carbocycles. The van der Waals surface area contributed by atoms with Crippen molar-refractivity contribution < 1.29 is 9.90 Å². The van der Waals surface area contributed by atoms with Gasteiger partial charge in [-0.2, -0.15) is 0 Å². The van der Waals surface area contributed by atoms with Gasteiger partial charge in [-0.15, -0.1) is 0 Å². The Bertz CT molecular complexity index is 390. The summed E-state index contributed by atoms with van der Waals surface area (Å²) < 4.78 is 0. The lowest BCUT2D eigenvalue weighted by Gasteiger charge is -2.18. The molecule has 0 aliphatic carbocycles. The number of carbonyl (C=O) groups is 1. The van der Waals surface area contributed by atoms with E-state index >= 15 is 0 Å². The van der Waals surface area contributed by atoms with Crippen molar-refractivity contribution in [2.45, 2.75) is 45.1 Å². The Morgan fingerprint density at radius 2 is 2.00 bits per heavy atom. The molecule has 1 amide bonds. The average Bonchev–Trinajstić information content (AvgIpc) is 2.38. The Balaban J connectivity index is 2.49. The van der Waals surface area contributed by atoms with Crippen molar-refractivity contribution in [3.63, 3.8) is 0 Å². The lowest BCUT2D eigenvalue weighted by molar-refractivity contribution is -0.122. The summed E-state index contributed by atoms with van der Waals surface area (Å²) in [5.41, 5.74) is 7.48. The quantitative estimate of drug-likeness (QED) is 0.660. The van der Waals surface area contributed by atoms with Crippen LogP contribution in [0.4, 0.5) is 5.69 Å². The highest BCUT2D eigenvalue weighted by molar-refractivity contribution is 5.77. The fourth-order valence-corrected chi connectivity index (χ4v) is 2.04. The second kappa shape index (κ2) is 7.79. The molecule has 0 saturated carbocycles. The summed E-state index contributed by atoms with van der Waals surface area (Å²) in [6, 6.07) is 7.68. The summed E-state index contributed by atoms with van der Waals surface area (Å²) >= 11 is 0. The van der Waals surface area contributed by atoms with Gasteiger partial charge in [0.25, 0.3) is 0 Å². The van der Waals surface area contributed by atoms with Gasteiger partial charge in [-0.1, -0.05) is 26.0 Å². The van der Waals surface area contributed by atoms with Crippen LogP contribution in [0.1, 0.15) is 44.6 Å². The Labute approximate surface area is 115 Å². The first kappa shape index (κ1) is 15.5. The zero-order valence-electron chi connectivity index (χ0n) is 11.7. The first-order valence-corrected chi connectivity index (χ1v) is 6.82. The van der Waals surface area contributed by atoms with Crippen LogP contribution in [-0.4, -0.2) is 23.7 Å². The molecule has 4 N–H and O–H groups in total. The Morgan fingerprint density at radius 1 is 1.37 bits per heavy atom. The van der Waals surface area contributed by atoms with Gasteiger partial charge in [0.15, 0.2) is 0 Å². The summed E-state index contributed by atoms with van der Waals surface area (Å²) in [5, 5.41) is 11.9. The molecule has 0 radical (unpaired) electrons. The smallest absolute Gasteiger partial charge is 0.220 e. The molecule has 0 fully saturated rings. The minimum absolute atomic E-state index is 0.0321. The lowest BCUT2D eigenvalue weighted by atomic mass is 9.97. The van der Waals surface area contributed by atoms with E-state index in [-0.39, 0.29) is 24.5 Å². The number of aliphatic hydroxyl groups is 1. The van der Waals surface area contributed by atoms with Gasteiger partial charge >= 0.3 is 0 Å². The molecule has 106 valence electrons. The third-order valence-corrected chi connectivity index (χ3v) is 3.33. The maximum absolute atomic E-state index is 11.9. The maximum atomic E-state index is 11.9. The van der Waals surface area contributed by atoms with Crippen molar-refractivity contribution in [2.24, 2.45) is 0 Å². The summed E-state index contributed by atoms with van der Waals surface area (Å²) in [7, 11) is 0. The zero-order valence-corrected chi connectivity index (χ0v) is 11.7. The van der Waals surface area contributed by atoms with Crippen LogP contribution in [0.3, 0.4) is 0 Å². The molecule has 2 unspecified atom stereocenters. The molecule has 0 aliphatic heterocycles. The molecule has 4 nitrogen and oxygen atoms in total. The topological polar surface area (TPSA) is 75.3 Å². The Hall–Kier alpha value is -1.55. The number of rotatable bonds is 7. The van der Waals surface area contributed by atoms with E-state index in [0.717, 1.165) is 17.7 Å². The average molecular weight is 264 g/mol. The van der Waals surface area contributed by atoms with Crippen molar-refractivity contribution in [2.75, 3.05) is 12.3 Å². The largest absolute Gasteiger partial charge is 0.399 e. The van der Waals surface area contributed by atoms with E-state index in [2.05, 4.69) is 5.32 Å². The number of benzene rings is 1. The van der Waals surface area contributed by atoms with Crippen LogP contribution in [0, 0.1) is 0 Å². The van der Waals surface area contributed by atoms with Crippen molar-refractivity contribution in [3.05, 3.63) is 29.8 Å². The standard InChI is InChI=1S/C15H24N2O2/c1-3-14(8-9-18)17-15(19)10-11(2)12-4-6-13(16)7-5-12/h4-7,11,14,18H,3,8-10,16H2,1-2H3,(H,17,19). The highest BCUT2D eigenvalue weighted by Gasteiger charge is 2.14. The number of hydrogen-bond donors (Lipinski definition) is 3. The zero-order chi connectivity index (χ0) is 14.3. The van der Waals surface area contributed by atoms with Gasteiger partial charge in [-0.05, 0) is 36.5 Å². The lowest BCUT2D eigenvalue weighted by Crippen LogP contribution is -2.35. The molecule has 0 heterocycles. The predicted octanol–water partition coefficient (Wildman–Crippen LogP) is 2.04. The number of anilines is 1. The number of hydrogen-bond acceptors (Lipinski definition) is 3. The summed E-state index contributed by atoms with van der Waals surface area (Å²) in [4.78, 5) is 11.9. The third kappa shape index (κ3) is 5.30. The second-order valence-electron chi connectivity index (χ2n) is 4.96. The van der Waals surface area contributed by atoms with Crippen LogP contribution in [0.2, 0.25) is 0 Å². The molecule has 19 heavy (non-hydrogen) atoms. The second-order valence-corrected chi connectivity index (χ2v) is 4.96. The fraction of sp³-hybridized carbons (Fsp3) is 0.533. The van der Waals surface area contributed by atoms with Crippen LogP contribution < -0.4 is 11.1 Å². The number of aliphatic hydroxyl groups excluding tert-OH is 1. The van der Waals surface area contributed by atoms with Crippen molar-refractivity contribution in [1.29, 1.82) is 0 Å². The van der Waals surface area contributed by atoms with Gasteiger partial charge in [0.2, 0.25) is 5.91 Å². The highest BCUT2D eigenvalue weighted by Crippen LogP contribution is 2.20. The van der Waals surface area contributed by atoms with Crippen molar-refractivity contribution in [3.8, 4) is 0 Å². The van der Waals surface area contributed by atoms with E-state index in [9.17, 15) is 4.79 Å². The Kier molecular flexibility index (Phi) is 6.36. The van der Waals surface area contributed by atoms with E-state index in [1.165, 1.54) is 0 Å². The molecule has 0 saturated heterocycles. The molecule has 2 atom stereocenters. The predicted molar refractivity (Wildman–Crippen MR) is 77.8 cm³/mol. The minimum Gasteiger partial charge on any atom is -0.399 e. The van der Waals surface area contributed by atoms with E-state index in [1.807, 2.05) is 38.1 Å². The van der Waals surface area contributed by atoms with Crippen molar-refractivity contribution in [1.82, 2.24) is 5.32 Å². The van der Waals surface area contributed by atoms with E-state index < -0.39 is 0 Å². The van der Waals surface area contributed by atoms with Gasteiger partial charge in [0, 0.05) is 24.8 Å². The molecular formula is C15H24N2O2. The maximum Gasteiger partial charge on any atom is 0.220 e. The van der Waals surface area contributed by atoms with E-state index in [4.69, 9.17) is 10.8 Å². The Morgan fingerprint density at radius 3 is 2.53 bits per heavy atom. The van der Waals surface area contributed by atoms with Crippen LogP contribution >= 0.6 is 0 Å². The normalized spacial score (nSPS) is 13.8. The van der Waals surface area contributed by atoms with Gasteiger partial charge < -0.3 is 16.2 Å². The molecule has 1 rings (SSSR count). The van der Waals surface area contributed by atoms with Crippen LogP contribution in [0.15, 0.2) is 24.3 Å². The monoisotopic (exact) mass is 264 g/mol. The number of amides is 1. The van der Waals surface area contributed by atoms with E-state index in [1.54, 1.807) is 0 Å². The summed E-state index contributed by atoms with van der Waals surface area (Å²) in [6.07, 6.45) is 1.90. The van der Waals surface area contributed by atoms with Crippen LogP contribution in [0.25, 0.3) is 0 Å². The molecule has 0 aliphatic rings. The summed E-state index contributed by atoms with van der Waals surface area (Å²) in [6.45, 7) is 4.13. The molecular weight excluding hydrogens is 240 g/mol. The SMILES string of the molecule is CCC(CCO)NC(=O)CC(C)c1ccc(N)cc1. The van der Waals surface area contributed by atoms with Gasteiger partial charge in [-0.3, -0.25) is 4.79 Å². The molecule has 1 aromatic rings. The molecule has 0 bridgehead atoms. The number of carbonyl (C=O) groups excluding carboxylic acids is 1. The number of nitrogen functional groups attached to an aromatic ring is 1. The number of nitrogens with one attached hydrogen (secondary N) is 1. The van der Waals surface area contributed by atoms with Gasteiger partial charge in [-0.25, -0.2) is 0 Å².